The summed E-state index contributed by atoms with van der Waals surface area (Å²) in [7, 11) is 1.62. The van der Waals surface area contributed by atoms with Gasteiger partial charge in [0, 0.05) is 6.42 Å². The molecule has 0 aliphatic carbocycles. The summed E-state index contributed by atoms with van der Waals surface area (Å²) < 4.78 is 7.13. The van der Waals surface area contributed by atoms with Crippen LogP contribution in [-0.2, 0) is 29.1 Å². The third-order valence-corrected chi connectivity index (χ3v) is 4.95. The van der Waals surface area contributed by atoms with Gasteiger partial charge in [-0.1, -0.05) is 25.1 Å². The van der Waals surface area contributed by atoms with Crippen molar-refractivity contribution >= 4 is 11.9 Å². The normalized spacial score (nSPS) is 17.3. The molecular formula is C19H24N4O4. The molecule has 27 heavy (non-hydrogen) atoms. The van der Waals surface area contributed by atoms with Crippen LogP contribution in [0.2, 0.25) is 0 Å². The molecular weight excluding hydrogens is 348 g/mol. The number of para-hydroxylation sites is 1. The molecule has 0 saturated carbocycles. The molecule has 0 spiro atoms. The number of aryl methyl sites for hydroxylation is 1. The van der Waals surface area contributed by atoms with Crippen molar-refractivity contribution in [1.82, 2.24) is 19.7 Å². The van der Waals surface area contributed by atoms with Gasteiger partial charge in [-0.2, -0.15) is 0 Å². The third-order valence-electron chi connectivity index (χ3n) is 4.95. The highest BCUT2D eigenvalue weighted by atomic mass is 16.5. The number of ether oxygens (including phenoxy) is 1. The number of carbonyl (C=O) groups excluding carboxylic acids is 1. The number of carboxylic acids is 1. The van der Waals surface area contributed by atoms with Gasteiger partial charge in [0.05, 0.1) is 20.2 Å². The van der Waals surface area contributed by atoms with Crippen LogP contribution in [-0.4, -0.2) is 49.8 Å². The van der Waals surface area contributed by atoms with E-state index in [2.05, 4.69) is 10.2 Å². The quantitative estimate of drug-likeness (QED) is 0.828. The first-order chi connectivity index (χ1) is 12.9. The Kier molecular flexibility index (Phi) is 5.43. The summed E-state index contributed by atoms with van der Waals surface area (Å²) in [5.41, 5.74) is 1.03. The fourth-order valence-corrected chi connectivity index (χ4v) is 3.52. The van der Waals surface area contributed by atoms with Crippen molar-refractivity contribution in [3.8, 4) is 5.75 Å². The maximum absolute atomic E-state index is 12.9. The van der Waals surface area contributed by atoms with Crippen LogP contribution in [0, 0.1) is 12.8 Å². The number of benzene rings is 1. The van der Waals surface area contributed by atoms with Gasteiger partial charge in [-0.25, -0.2) is 4.79 Å². The van der Waals surface area contributed by atoms with Gasteiger partial charge in [-0.05, 0) is 30.9 Å². The SMILES string of the molecule is COc1ccccc1CC(C)CC(=O)N1Cc2nnc(C)n2CC1C(=O)O. The van der Waals surface area contributed by atoms with Crippen LogP contribution in [0.25, 0.3) is 0 Å². The van der Waals surface area contributed by atoms with Crippen LogP contribution in [0.15, 0.2) is 24.3 Å². The highest BCUT2D eigenvalue weighted by molar-refractivity contribution is 5.84. The number of aliphatic carboxylic acids is 1. The zero-order chi connectivity index (χ0) is 19.6. The minimum Gasteiger partial charge on any atom is -0.496 e. The van der Waals surface area contributed by atoms with Gasteiger partial charge in [0.2, 0.25) is 5.91 Å². The van der Waals surface area contributed by atoms with Crippen LogP contribution < -0.4 is 4.74 Å². The van der Waals surface area contributed by atoms with E-state index in [-0.39, 0.29) is 31.3 Å². The monoisotopic (exact) mass is 372 g/mol. The summed E-state index contributed by atoms with van der Waals surface area (Å²) in [6.07, 6.45) is 0.936. The molecule has 0 saturated heterocycles. The molecule has 0 bridgehead atoms. The number of hydrogen-bond acceptors (Lipinski definition) is 5. The van der Waals surface area contributed by atoms with Crippen LogP contribution in [0.3, 0.4) is 0 Å². The second kappa shape index (κ2) is 7.77. The van der Waals surface area contributed by atoms with E-state index >= 15 is 0 Å². The second-order valence-corrected chi connectivity index (χ2v) is 6.97. The van der Waals surface area contributed by atoms with E-state index in [4.69, 9.17) is 4.74 Å². The van der Waals surface area contributed by atoms with Gasteiger partial charge in [-0.15, -0.1) is 10.2 Å². The first kappa shape index (κ1) is 18.9. The largest absolute Gasteiger partial charge is 0.496 e. The molecule has 2 aromatic rings. The molecule has 2 atom stereocenters. The molecule has 3 rings (SSSR count). The maximum Gasteiger partial charge on any atom is 0.328 e. The summed E-state index contributed by atoms with van der Waals surface area (Å²) in [4.78, 5) is 26.0. The van der Waals surface area contributed by atoms with Crippen LogP contribution >= 0.6 is 0 Å². The lowest BCUT2D eigenvalue weighted by atomic mass is 9.96. The first-order valence-corrected chi connectivity index (χ1v) is 8.93. The summed E-state index contributed by atoms with van der Waals surface area (Å²) in [6, 6.07) is 6.81. The van der Waals surface area contributed by atoms with E-state index < -0.39 is 12.0 Å². The fraction of sp³-hybridized carbons (Fsp3) is 0.474. The number of rotatable bonds is 6. The van der Waals surface area contributed by atoms with E-state index in [0.717, 1.165) is 11.3 Å². The standard InChI is InChI=1S/C19H24N4O4/c1-12(8-14-6-4-5-7-16(14)27-3)9-18(24)23-11-17-21-20-13(2)22(17)10-15(23)19(25)26/h4-7,12,15H,8-11H2,1-3H3,(H,25,26). The number of methoxy groups -OCH3 is 1. The van der Waals surface area contributed by atoms with Gasteiger partial charge < -0.3 is 19.3 Å². The van der Waals surface area contributed by atoms with Gasteiger partial charge in [0.1, 0.15) is 17.6 Å². The Labute approximate surface area is 157 Å². The zero-order valence-electron chi connectivity index (χ0n) is 15.8. The lowest BCUT2D eigenvalue weighted by Gasteiger charge is -2.34. The number of nitrogens with zero attached hydrogens (tertiary/aromatic N) is 4. The van der Waals surface area contributed by atoms with Crippen molar-refractivity contribution < 1.29 is 19.4 Å². The Bertz CT molecular complexity index is 848. The number of fused-ring (bicyclic) bond motifs is 1. The van der Waals surface area contributed by atoms with E-state index in [9.17, 15) is 14.7 Å². The van der Waals surface area contributed by atoms with E-state index in [1.807, 2.05) is 31.2 Å². The third kappa shape index (κ3) is 3.94. The molecule has 1 aliphatic rings. The lowest BCUT2D eigenvalue weighted by molar-refractivity contribution is -0.153. The van der Waals surface area contributed by atoms with Crippen molar-refractivity contribution in [3.63, 3.8) is 0 Å². The topological polar surface area (TPSA) is 97.5 Å². The number of hydrogen-bond donors (Lipinski definition) is 1. The molecule has 1 aromatic heterocycles. The Morgan fingerprint density at radius 1 is 1.33 bits per heavy atom. The number of carboxylic acid groups (broad SMARTS) is 1. The molecule has 1 aromatic carbocycles. The molecule has 144 valence electrons. The second-order valence-electron chi connectivity index (χ2n) is 6.97. The number of amides is 1. The smallest absolute Gasteiger partial charge is 0.328 e. The van der Waals surface area contributed by atoms with Crippen molar-refractivity contribution in [2.45, 2.75) is 45.8 Å². The molecule has 1 amide bonds. The van der Waals surface area contributed by atoms with Gasteiger partial charge >= 0.3 is 5.97 Å². The zero-order valence-corrected chi connectivity index (χ0v) is 15.8. The highest BCUT2D eigenvalue weighted by Gasteiger charge is 2.36. The summed E-state index contributed by atoms with van der Waals surface area (Å²) >= 11 is 0. The molecule has 1 aliphatic heterocycles. The van der Waals surface area contributed by atoms with Crippen LogP contribution in [0.5, 0.6) is 5.75 Å². The minimum absolute atomic E-state index is 0.0461. The Morgan fingerprint density at radius 2 is 2.07 bits per heavy atom. The Balaban J connectivity index is 1.71. The van der Waals surface area contributed by atoms with Crippen LogP contribution in [0.4, 0.5) is 0 Å². The molecule has 0 radical (unpaired) electrons. The molecule has 8 heteroatoms. The predicted octanol–water partition coefficient (Wildman–Crippen LogP) is 1.66. The average molecular weight is 372 g/mol. The molecule has 0 fully saturated rings. The molecule has 2 unspecified atom stereocenters. The highest BCUT2D eigenvalue weighted by Crippen LogP contribution is 2.24. The Hall–Kier alpha value is -2.90. The van der Waals surface area contributed by atoms with Gasteiger partial charge in [0.25, 0.3) is 0 Å². The summed E-state index contributed by atoms with van der Waals surface area (Å²) in [5, 5.41) is 17.6. The lowest BCUT2D eigenvalue weighted by Crippen LogP contribution is -2.51. The average Bonchev–Trinajstić information content (AvgIpc) is 3.01. The van der Waals surface area contributed by atoms with Crippen LogP contribution in [0.1, 0.15) is 30.6 Å². The fourth-order valence-electron chi connectivity index (χ4n) is 3.52. The number of aromatic nitrogens is 3. The molecule has 2 heterocycles. The van der Waals surface area contributed by atoms with Gasteiger partial charge in [0.15, 0.2) is 5.82 Å². The summed E-state index contributed by atoms with van der Waals surface area (Å²) in [6.45, 7) is 4.10. The molecule has 1 N–H and O–H groups in total. The predicted molar refractivity (Wildman–Crippen MR) is 97.2 cm³/mol. The van der Waals surface area contributed by atoms with Crippen molar-refractivity contribution in [2.75, 3.05) is 7.11 Å². The van der Waals surface area contributed by atoms with E-state index in [0.29, 0.717) is 18.1 Å². The van der Waals surface area contributed by atoms with Crippen molar-refractivity contribution in [3.05, 3.63) is 41.5 Å². The molecule has 8 nitrogen and oxygen atoms in total. The Morgan fingerprint density at radius 3 is 2.78 bits per heavy atom. The number of carbonyl (C=O) groups is 2. The van der Waals surface area contributed by atoms with Gasteiger partial charge in [-0.3, -0.25) is 4.79 Å². The first-order valence-electron chi connectivity index (χ1n) is 8.93. The summed E-state index contributed by atoms with van der Waals surface area (Å²) in [5.74, 6) is 0.923. The minimum atomic E-state index is -1.01. The van der Waals surface area contributed by atoms with Crippen molar-refractivity contribution in [2.24, 2.45) is 5.92 Å². The maximum atomic E-state index is 12.9. The van der Waals surface area contributed by atoms with E-state index in [1.54, 1.807) is 18.6 Å². The van der Waals surface area contributed by atoms with E-state index in [1.165, 1.54) is 4.90 Å². The van der Waals surface area contributed by atoms with Crippen molar-refractivity contribution in [1.29, 1.82) is 0 Å².